The molecule has 0 spiro atoms. The minimum Gasteiger partial charge on any atom is -0.366 e. The van der Waals surface area contributed by atoms with Gasteiger partial charge < -0.3 is 5.73 Å². The highest BCUT2D eigenvalue weighted by atomic mass is 16.1. The molecule has 4 heteroatoms. The summed E-state index contributed by atoms with van der Waals surface area (Å²) >= 11 is 0. The topological polar surface area (TPSA) is 68.9 Å². The van der Waals surface area contributed by atoms with Gasteiger partial charge in [-0.25, -0.2) is 0 Å². The zero-order valence-corrected chi connectivity index (χ0v) is 9.08. The molecule has 0 aromatic carbocycles. The predicted molar refractivity (Wildman–Crippen MR) is 65.9 cm³/mol. The second-order valence-corrected chi connectivity index (χ2v) is 3.45. The molecule has 2 heterocycles. The molecule has 0 radical (unpaired) electrons. The van der Waals surface area contributed by atoms with Crippen molar-refractivity contribution in [3.63, 3.8) is 0 Å². The van der Waals surface area contributed by atoms with Gasteiger partial charge in [-0.3, -0.25) is 14.8 Å². The number of amides is 1. The minimum atomic E-state index is -0.482. The second kappa shape index (κ2) is 5.03. The molecule has 0 aliphatic heterocycles. The number of nitrogens with two attached hydrogens (primary N) is 1. The summed E-state index contributed by atoms with van der Waals surface area (Å²) in [7, 11) is 0. The fraction of sp³-hybridized carbons (Fsp3) is 0. The van der Waals surface area contributed by atoms with Crippen molar-refractivity contribution in [1.82, 2.24) is 9.97 Å². The van der Waals surface area contributed by atoms with E-state index in [1.54, 1.807) is 24.7 Å². The van der Waals surface area contributed by atoms with Crippen LogP contribution in [0.4, 0.5) is 0 Å². The van der Waals surface area contributed by atoms with Crippen LogP contribution in [0.1, 0.15) is 21.5 Å². The molecule has 0 aliphatic carbocycles. The van der Waals surface area contributed by atoms with Gasteiger partial charge in [0.25, 0.3) is 5.91 Å². The van der Waals surface area contributed by atoms with Gasteiger partial charge in [-0.05, 0) is 23.3 Å². The number of hydrogen-bond acceptors (Lipinski definition) is 3. The van der Waals surface area contributed by atoms with E-state index in [0.29, 0.717) is 5.56 Å². The summed E-state index contributed by atoms with van der Waals surface area (Å²) in [5, 5.41) is 0. The van der Waals surface area contributed by atoms with Crippen LogP contribution in [0.5, 0.6) is 0 Å². The van der Waals surface area contributed by atoms with Crippen LogP contribution in [0, 0.1) is 0 Å². The summed E-state index contributed by atoms with van der Waals surface area (Å²) in [5.41, 5.74) is 7.37. The number of pyridine rings is 2. The molecule has 1 amide bonds. The van der Waals surface area contributed by atoms with Crippen LogP contribution in [0.3, 0.4) is 0 Å². The van der Waals surface area contributed by atoms with Crippen LogP contribution in [-0.4, -0.2) is 15.9 Å². The van der Waals surface area contributed by atoms with E-state index in [4.69, 9.17) is 5.73 Å². The first-order valence-electron chi connectivity index (χ1n) is 5.09. The molecule has 0 unspecified atom stereocenters. The van der Waals surface area contributed by atoms with Gasteiger partial charge in [-0.15, -0.1) is 0 Å². The average Bonchev–Trinajstić information content (AvgIpc) is 2.38. The summed E-state index contributed by atoms with van der Waals surface area (Å²) in [6.45, 7) is 0. The number of carbonyl (C=O) groups is 1. The maximum absolute atomic E-state index is 11.2. The van der Waals surface area contributed by atoms with Crippen molar-refractivity contribution in [1.29, 1.82) is 0 Å². The number of rotatable bonds is 3. The van der Waals surface area contributed by atoms with Gasteiger partial charge in [0.15, 0.2) is 0 Å². The van der Waals surface area contributed by atoms with Crippen molar-refractivity contribution in [2.24, 2.45) is 5.73 Å². The fourth-order valence-corrected chi connectivity index (χ4v) is 1.42. The summed E-state index contributed by atoms with van der Waals surface area (Å²) < 4.78 is 0. The SMILES string of the molecule is NC(=O)c1cnccc1/C=C/c1cccnc1. The first-order valence-corrected chi connectivity index (χ1v) is 5.09. The lowest BCUT2D eigenvalue weighted by Crippen LogP contribution is -2.12. The number of aromatic nitrogens is 2. The standard InChI is InChI=1S/C13H11N3O/c14-13(17)12-9-16-7-5-11(12)4-3-10-2-1-6-15-8-10/h1-9H,(H2,14,17)/b4-3+. The van der Waals surface area contributed by atoms with E-state index in [9.17, 15) is 4.79 Å². The number of hydrogen-bond donors (Lipinski definition) is 1. The highest BCUT2D eigenvalue weighted by molar-refractivity contribution is 5.97. The highest BCUT2D eigenvalue weighted by Crippen LogP contribution is 2.11. The molecule has 0 atom stereocenters. The molecule has 2 N–H and O–H groups in total. The van der Waals surface area contributed by atoms with Gasteiger partial charge in [0.05, 0.1) is 5.56 Å². The summed E-state index contributed by atoms with van der Waals surface area (Å²) in [6, 6.07) is 5.52. The maximum atomic E-state index is 11.2. The average molecular weight is 225 g/mol. The molecule has 4 nitrogen and oxygen atoms in total. The van der Waals surface area contributed by atoms with Gasteiger partial charge in [0.2, 0.25) is 0 Å². The minimum absolute atomic E-state index is 0.410. The Morgan fingerprint density at radius 1 is 1.12 bits per heavy atom. The third kappa shape index (κ3) is 2.75. The Kier molecular flexibility index (Phi) is 3.25. The van der Waals surface area contributed by atoms with E-state index in [-0.39, 0.29) is 0 Å². The van der Waals surface area contributed by atoms with Crippen molar-refractivity contribution >= 4 is 18.1 Å². The lowest BCUT2D eigenvalue weighted by Gasteiger charge is -2.00. The van der Waals surface area contributed by atoms with Crippen molar-refractivity contribution < 1.29 is 4.79 Å². The third-order valence-corrected chi connectivity index (χ3v) is 2.26. The normalized spacial score (nSPS) is 10.6. The quantitative estimate of drug-likeness (QED) is 0.865. The van der Waals surface area contributed by atoms with Gasteiger partial charge in [0, 0.05) is 24.8 Å². The summed E-state index contributed by atoms with van der Waals surface area (Å²) in [6.07, 6.45) is 10.2. The largest absolute Gasteiger partial charge is 0.366 e. The van der Waals surface area contributed by atoms with Crippen LogP contribution in [0.25, 0.3) is 12.2 Å². The smallest absolute Gasteiger partial charge is 0.250 e. The van der Waals surface area contributed by atoms with Gasteiger partial charge in [-0.2, -0.15) is 0 Å². The van der Waals surface area contributed by atoms with E-state index < -0.39 is 5.91 Å². The van der Waals surface area contributed by atoms with Crippen LogP contribution in [-0.2, 0) is 0 Å². The number of primary amides is 1. The molecule has 0 bridgehead atoms. The van der Waals surface area contributed by atoms with Crippen molar-refractivity contribution in [2.75, 3.05) is 0 Å². The molecule has 0 aliphatic rings. The van der Waals surface area contributed by atoms with E-state index in [0.717, 1.165) is 11.1 Å². The lowest BCUT2D eigenvalue weighted by molar-refractivity contribution is 0.1000. The molecular formula is C13H11N3O. The van der Waals surface area contributed by atoms with E-state index in [1.165, 1.54) is 6.20 Å². The fourth-order valence-electron chi connectivity index (χ4n) is 1.42. The van der Waals surface area contributed by atoms with E-state index in [2.05, 4.69) is 9.97 Å². The van der Waals surface area contributed by atoms with E-state index in [1.807, 2.05) is 24.3 Å². The van der Waals surface area contributed by atoms with Crippen molar-refractivity contribution in [3.8, 4) is 0 Å². The summed E-state index contributed by atoms with van der Waals surface area (Å²) in [4.78, 5) is 19.0. The Hall–Kier alpha value is -2.49. The van der Waals surface area contributed by atoms with Crippen LogP contribution in [0.15, 0.2) is 43.0 Å². The Labute approximate surface area is 98.8 Å². The third-order valence-electron chi connectivity index (χ3n) is 2.26. The van der Waals surface area contributed by atoms with Gasteiger partial charge in [0.1, 0.15) is 0 Å². The van der Waals surface area contributed by atoms with Crippen molar-refractivity contribution in [2.45, 2.75) is 0 Å². The predicted octanol–water partition coefficient (Wildman–Crippen LogP) is 1.75. The van der Waals surface area contributed by atoms with Gasteiger partial charge in [-0.1, -0.05) is 18.2 Å². The number of carbonyl (C=O) groups excluding carboxylic acids is 1. The molecule has 2 aromatic rings. The Bertz CT molecular complexity index is 550. The van der Waals surface area contributed by atoms with Crippen LogP contribution < -0.4 is 5.73 Å². The monoisotopic (exact) mass is 225 g/mol. The Balaban J connectivity index is 2.30. The van der Waals surface area contributed by atoms with Crippen LogP contribution >= 0.6 is 0 Å². The zero-order chi connectivity index (χ0) is 12.1. The maximum Gasteiger partial charge on any atom is 0.250 e. The molecule has 0 fully saturated rings. The second-order valence-electron chi connectivity index (χ2n) is 3.45. The van der Waals surface area contributed by atoms with E-state index >= 15 is 0 Å². The molecule has 84 valence electrons. The Morgan fingerprint density at radius 3 is 2.65 bits per heavy atom. The molecule has 0 saturated carbocycles. The first kappa shape index (κ1) is 11.0. The zero-order valence-electron chi connectivity index (χ0n) is 9.08. The molecule has 17 heavy (non-hydrogen) atoms. The van der Waals surface area contributed by atoms with Crippen molar-refractivity contribution in [3.05, 3.63) is 59.7 Å². The Morgan fingerprint density at radius 2 is 1.94 bits per heavy atom. The molecular weight excluding hydrogens is 214 g/mol. The van der Waals surface area contributed by atoms with Crippen LogP contribution in [0.2, 0.25) is 0 Å². The summed E-state index contributed by atoms with van der Waals surface area (Å²) in [5.74, 6) is -0.482. The molecule has 2 aromatic heterocycles. The van der Waals surface area contributed by atoms with Gasteiger partial charge >= 0.3 is 0 Å². The highest BCUT2D eigenvalue weighted by Gasteiger charge is 2.04. The number of nitrogens with zero attached hydrogens (tertiary/aromatic N) is 2. The molecule has 0 saturated heterocycles. The molecule has 2 rings (SSSR count). The lowest BCUT2D eigenvalue weighted by atomic mass is 10.1. The first-order chi connectivity index (χ1) is 8.27.